The molecular formula is C7H7BN4O2S. The Labute approximate surface area is 90.3 Å². The van der Waals surface area contributed by atoms with Crippen LogP contribution in [0.25, 0.3) is 5.69 Å². The van der Waals surface area contributed by atoms with Gasteiger partial charge in [0.1, 0.15) is 0 Å². The Bertz CT molecular complexity index is 523. The second-order valence-electron chi connectivity index (χ2n) is 2.89. The van der Waals surface area contributed by atoms with Crippen LogP contribution in [0.15, 0.2) is 24.3 Å². The van der Waals surface area contributed by atoms with Crippen molar-refractivity contribution in [1.29, 1.82) is 0 Å². The molecule has 0 fully saturated rings. The van der Waals surface area contributed by atoms with Crippen LogP contribution >= 0.6 is 12.2 Å². The van der Waals surface area contributed by atoms with E-state index >= 15 is 0 Å². The van der Waals surface area contributed by atoms with Gasteiger partial charge in [0, 0.05) is 0 Å². The number of tetrazole rings is 1. The molecule has 1 aromatic carbocycles. The number of hydrogen-bond acceptors (Lipinski definition) is 5. The number of nitrogens with zero attached hydrogens (tertiary/aromatic N) is 3. The second-order valence-corrected chi connectivity index (χ2v) is 3.25. The van der Waals surface area contributed by atoms with Crippen LogP contribution in [0.3, 0.4) is 0 Å². The molecule has 8 heteroatoms. The minimum Gasteiger partial charge on any atom is -0.423 e. The molecule has 0 atom stereocenters. The fraction of sp³-hybridized carbons (Fsp3) is 0. The molecule has 6 nitrogen and oxygen atoms in total. The van der Waals surface area contributed by atoms with E-state index in [9.17, 15) is 0 Å². The normalized spacial score (nSPS) is 10.3. The van der Waals surface area contributed by atoms with E-state index in [-0.39, 0.29) is 4.77 Å². The summed E-state index contributed by atoms with van der Waals surface area (Å²) in [6.45, 7) is 0. The Morgan fingerprint density at radius 2 is 2.20 bits per heavy atom. The van der Waals surface area contributed by atoms with Gasteiger partial charge in [-0.3, -0.25) is 0 Å². The first-order chi connectivity index (χ1) is 7.18. The van der Waals surface area contributed by atoms with Crippen molar-refractivity contribution in [2.45, 2.75) is 0 Å². The minimum absolute atomic E-state index is 0.277. The third-order valence-electron chi connectivity index (χ3n) is 1.90. The zero-order chi connectivity index (χ0) is 10.8. The standard InChI is InChI=1S/C7H7BN4O2S/c13-8(14)5-2-1-3-6(4-5)12-7(15)9-10-11-12/h1-4,13-14H,(H,9,11,15). The summed E-state index contributed by atoms with van der Waals surface area (Å²) in [5, 5.41) is 27.7. The van der Waals surface area contributed by atoms with Crippen molar-refractivity contribution in [3.8, 4) is 5.69 Å². The zero-order valence-corrected chi connectivity index (χ0v) is 8.35. The highest BCUT2D eigenvalue weighted by molar-refractivity contribution is 7.71. The van der Waals surface area contributed by atoms with Gasteiger partial charge in [-0.25, -0.2) is 4.68 Å². The van der Waals surface area contributed by atoms with Gasteiger partial charge < -0.3 is 10.0 Å². The molecule has 0 radical (unpaired) electrons. The lowest BCUT2D eigenvalue weighted by molar-refractivity contribution is 0.425. The molecule has 0 aliphatic heterocycles. The number of hydrogen-bond donors (Lipinski definition) is 3. The Morgan fingerprint density at radius 3 is 2.80 bits per heavy atom. The summed E-state index contributed by atoms with van der Waals surface area (Å²) in [5.41, 5.74) is 1.03. The van der Waals surface area contributed by atoms with Crippen molar-refractivity contribution in [1.82, 2.24) is 20.2 Å². The molecule has 0 spiro atoms. The van der Waals surface area contributed by atoms with E-state index in [0.29, 0.717) is 11.2 Å². The predicted octanol–water partition coefficient (Wildman–Crippen LogP) is -0.995. The van der Waals surface area contributed by atoms with Crippen molar-refractivity contribution in [2.75, 3.05) is 0 Å². The van der Waals surface area contributed by atoms with E-state index in [0.717, 1.165) is 0 Å². The van der Waals surface area contributed by atoms with Gasteiger partial charge in [-0.2, -0.15) is 5.21 Å². The second kappa shape index (κ2) is 3.93. The van der Waals surface area contributed by atoms with E-state index in [4.69, 9.17) is 22.3 Å². The summed E-state index contributed by atoms with van der Waals surface area (Å²) in [5.74, 6) is 0. The molecule has 2 aromatic rings. The van der Waals surface area contributed by atoms with E-state index in [1.54, 1.807) is 24.3 Å². The average molecular weight is 222 g/mol. The third-order valence-corrected chi connectivity index (χ3v) is 2.16. The molecule has 2 rings (SSSR count). The van der Waals surface area contributed by atoms with Crippen LogP contribution in [0, 0.1) is 4.77 Å². The lowest BCUT2D eigenvalue weighted by Crippen LogP contribution is -2.29. The molecule has 1 heterocycles. The molecule has 0 unspecified atom stereocenters. The average Bonchev–Trinajstić information content (AvgIpc) is 2.64. The summed E-state index contributed by atoms with van der Waals surface area (Å²) in [6, 6.07) is 6.62. The summed E-state index contributed by atoms with van der Waals surface area (Å²) >= 11 is 4.91. The van der Waals surface area contributed by atoms with Crippen LogP contribution in [0.1, 0.15) is 0 Å². The van der Waals surface area contributed by atoms with E-state index in [1.165, 1.54) is 4.68 Å². The first-order valence-corrected chi connectivity index (χ1v) is 4.56. The summed E-state index contributed by atoms with van der Waals surface area (Å²) < 4.78 is 1.74. The molecule has 0 bridgehead atoms. The largest absolute Gasteiger partial charge is 0.488 e. The van der Waals surface area contributed by atoms with Crippen LogP contribution in [-0.2, 0) is 0 Å². The van der Waals surface area contributed by atoms with Gasteiger partial charge >= 0.3 is 7.12 Å². The lowest BCUT2D eigenvalue weighted by atomic mass is 9.80. The topological polar surface area (TPSA) is 87.0 Å². The van der Waals surface area contributed by atoms with Crippen LogP contribution in [0.2, 0.25) is 0 Å². The van der Waals surface area contributed by atoms with Gasteiger partial charge in [-0.1, -0.05) is 22.4 Å². The van der Waals surface area contributed by atoms with Crippen LogP contribution < -0.4 is 5.46 Å². The maximum Gasteiger partial charge on any atom is 0.488 e. The highest BCUT2D eigenvalue weighted by Gasteiger charge is 2.11. The van der Waals surface area contributed by atoms with Crippen LogP contribution in [0.4, 0.5) is 0 Å². The lowest BCUT2D eigenvalue weighted by Gasteiger charge is -2.03. The molecule has 0 amide bonds. The van der Waals surface area contributed by atoms with Gasteiger partial charge in [0.05, 0.1) is 5.69 Å². The number of aromatic amines is 1. The molecule has 0 aliphatic carbocycles. The molecule has 3 N–H and O–H groups in total. The Hall–Kier alpha value is -1.51. The highest BCUT2D eigenvalue weighted by atomic mass is 32.1. The number of nitrogens with one attached hydrogen (secondary N) is 1. The fourth-order valence-corrected chi connectivity index (χ4v) is 1.38. The molecule has 0 saturated carbocycles. The molecule has 15 heavy (non-hydrogen) atoms. The quantitative estimate of drug-likeness (QED) is 0.448. The summed E-state index contributed by atoms with van der Waals surface area (Å²) in [4.78, 5) is 0. The van der Waals surface area contributed by atoms with E-state index in [2.05, 4.69) is 15.5 Å². The van der Waals surface area contributed by atoms with Gasteiger partial charge in [0.15, 0.2) is 0 Å². The van der Waals surface area contributed by atoms with Crippen LogP contribution in [0.5, 0.6) is 0 Å². The fourth-order valence-electron chi connectivity index (χ4n) is 1.19. The minimum atomic E-state index is -1.50. The maximum absolute atomic E-state index is 8.99. The predicted molar refractivity (Wildman–Crippen MR) is 56.4 cm³/mol. The SMILES string of the molecule is OB(O)c1cccc(-n2[nH]nnc2=S)c1. The zero-order valence-electron chi connectivity index (χ0n) is 7.53. The van der Waals surface area contributed by atoms with Gasteiger partial charge in [-0.15, -0.1) is 0 Å². The van der Waals surface area contributed by atoms with Crippen molar-refractivity contribution in [3.05, 3.63) is 29.0 Å². The van der Waals surface area contributed by atoms with Crippen molar-refractivity contribution >= 4 is 24.8 Å². The third kappa shape index (κ3) is 1.96. The number of rotatable bonds is 2. The molecule has 1 aromatic heterocycles. The first-order valence-electron chi connectivity index (χ1n) is 4.15. The Balaban J connectivity index is 2.50. The number of H-pyrrole nitrogens is 1. The van der Waals surface area contributed by atoms with Crippen LogP contribution in [-0.4, -0.2) is 37.4 Å². The van der Waals surface area contributed by atoms with E-state index in [1.807, 2.05) is 0 Å². The highest BCUT2D eigenvalue weighted by Crippen LogP contribution is 2.02. The summed E-state index contributed by atoms with van der Waals surface area (Å²) in [6.07, 6.45) is 0. The van der Waals surface area contributed by atoms with Gasteiger partial charge in [0.2, 0.25) is 4.77 Å². The molecular weight excluding hydrogens is 215 g/mol. The van der Waals surface area contributed by atoms with Crippen molar-refractivity contribution < 1.29 is 10.0 Å². The maximum atomic E-state index is 8.99. The molecule has 76 valence electrons. The summed E-state index contributed by atoms with van der Waals surface area (Å²) in [7, 11) is -1.50. The van der Waals surface area contributed by atoms with E-state index < -0.39 is 7.12 Å². The van der Waals surface area contributed by atoms with Gasteiger partial charge in [-0.05, 0) is 29.8 Å². The monoisotopic (exact) mass is 222 g/mol. The Kier molecular flexibility index (Phi) is 2.63. The molecule has 0 aliphatic rings. The molecule has 0 saturated heterocycles. The van der Waals surface area contributed by atoms with Crippen molar-refractivity contribution in [3.63, 3.8) is 0 Å². The number of aromatic nitrogens is 4. The number of benzene rings is 1. The van der Waals surface area contributed by atoms with Crippen molar-refractivity contribution in [2.24, 2.45) is 0 Å². The van der Waals surface area contributed by atoms with Gasteiger partial charge in [0.25, 0.3) is 0 Å². The first kappa shape index (κ1) is 10.0. The smallest absolute Gasteiger partial charge is 0.423 e. The Morgan fingerprint density at radius 1 is 1.40 bits per heavy atom.